The van der Waals surface area contributed by atoms with E-state index in [2.05, 4.69) is 6.92 Å². The van der Waals surface area contributed by atoms with Crippen LogP contribution in [-0.4, -0.2) is 5.91 Å². The Morgan fingerprint density at radius 1 is 1.70 bits per heavy atom. The third-order valence-electron chi connectivity index (χ3n) is 2.98. The van der Waals surface area contributed by atoms with Gasteiger partial charge in [-0.3, -0.25) is 4.79 Å². The van der Waals surface area contributed by atoms with Crippen LogP contribution in [0.1, 0.15) is 33.1 Å². The Kier molecular flexibility index (Phi) is 1.71. The highest BCUT2D eigenvalue weighted by Gasteiger charge is 2.40. The van der Waals surface area contributed by atoms with Gasteiger partial charge in [0.2, 0.25) is 5.91 Å². The van der Waals surface area contributed by atoms with Crippen molar-refractivity contribution in [3.63, 3.8) is 0 Å². The molecule has 10 heavy (non-hydrogen) atoms. The van der Waals surface area contributed by atoms with E-state index in [0.717, 1.165) is 19.3 Å². The van der Waals surface area contributed by atoms with E-state index in [-0.39, 0.29) is 11.3 Å². The Labute approximate surface area is 61.8 Å². The van der Waals surface area contributed by atoms with E-state index in [9.17, 15) is 4.79 Å². The van der Waals surface area contributed by atoms with E-state index in [4.69, 9.17) is 5.73 Å². The van der Waals surface area contributed by atoms with Gasteiger partial charge in [-0.15, -0.1) is 0 Å². The normalized spacial score (nSPS) is 40.0. The molecule has 1 rings (SSSR count). The summed E-state index contributed by atoms with van der Waals surface area (Å²) in [5, 5.41) is 0. The van der Waals surface area contributed by atoms with E-state index in [1.54, 1.807) is 0 Å². The molecule has 2 N–H and O–H groups in total. The van der Waals surface area contributed by atoms with Crippen molar-refractivity contribution in [3.05, 3.63) is 0 Å². The second-order valence-corrected chi connectivity index (χ2v) is 3.57. The summed E-state index contributed by atoms with van der Waals surface area (Å²) in [4.78, 5) is 11.0. The van der Waals surface area contributed by atoms with Crippen molar-refractivity contribution in [3.8, 4) is 0 Å². The summed E-state index contributed by atoms with van der Waals surface area (Å²) in [5.41, 5.74) is 5.08. The molecular weight excluding hydrogens is 126 g/mol. The quantitative estimate of drug-likeness (QED) is 0.587. The zero-order valence-electron chi connectivity index (χ0n) is 6.68. The minimum atomic E-state index is -0.208. The number of hydrogen-bond acceptors (Lipinski definition) is 1. The van der Waals surface area contributed by atoms with Gasteiger partial charge in [-0.1, -0.05) is 20.3 Å². The van der Waals surface area contributed by atoms with Crippen molar-refractivity contribution in [1.29, 1.82) is 0 Å². The Morgan fingerprint density at radius 3 is 2.50 bits per heavy atom. The van der Waals surface area contributed by atoms with Crippen LogP contribution in [0.4, 0.5) is 0 Å². The predicted molar refractivity (Wildman–Crippen MR) is 40.3 cm³/mol. The average molecular weight is 141 g/mol. The van der Waals surface area contributed by atoms with E-state index >= 15 is 0 Å². The van der Waals surface area contributed by atoms with Crippen LogP contribution in [-0.2, 0) is 4.79 Å². The SMILES string of the molecule is C[C@H]1CCC[C@@]1(C)C(N)=O. The lowest BCUT2D eigenvalue weighted by Gasteiger charge is -2.24. The average Bonchev–Trinajstić information content (AvgIpc) is 2.15. The molecule has 0 aromatic carbocycles. The number of rotatable bonds is 1. The summed E-state index contributed by atoms with van der Waals surface area (Å²) in [6.07, 6.45) is 3.28. The van der Waals surface area contributed by atoms with Gasteiger partial charge in [0.05, 0.1) is 0 Å². The predicted octanol–water partition coefficient (Wildman–Crippen LogP) is 1.30. The lowest BCUT2D eigenvalue weighted by molar-refractivity contribution is -0.128. The first-order chi connectivity index (χ1) is 4.57. The molecule has 0 aromatic rings. The molecule has 2 heteroatoms. The van der Waals surface area contributed by atoms with Gasteiger partial charge in [-0.05, 0) is 18.8 Å². The van der Waals surface area contributed by atoms with Crippen molar-refractivity contribution in [1.82, 2.24) is 0 Å². The molecule has 58 valence electrons. The first kappa shape index (κ1) is 7.58. The standard InChI is InChI=1S/C8H15NO/c1-6-4-3-5-8(6,2)7(9)10/h6H,3-5H2,1-2H3,(H2,9,10)/t6-,8+/m0/s1. The Balaban J connectivity index is 2.75. The highest BCUT2D eigenvalue weighted by Crippen LogP contribution is 2.42. The fourth-order valence-electron chi connectivity index (χ4n) is 1.71. The number of nitrogens with two attached hydrogens (primary N) is 1. The molecule has 2 atom stereocenters. The van der Waals surface area contributed by atoms with E-state index in [0.29, 0.717) is 5.92 Å². The molecule has 1 aliphatic rings. The van der Waals surface area contributed by atoms with Gasteiger partial charge >= 0.3 is 0 Å². The van der Waals surface area contributed by atoms with Crippen molar-refractivity contribution in [2.24, 2.45) is 17.1 Å². The zero-order chi connectivity index (χ0) is 7.78. The monoisotopic (exact) mass is 141 g/mol. The maximum Gasteiger partial charge on any atom is 0.223 e. The molecule has 1 amide bonds. The third kappa shape index (κ3) is 0.917. The van der Waals surface area contributed by atoms with Gasteiger partial charge in [0, 0.05) is 5.41 Å². The maximum absolute atomic E-state index is 11.0. The molecule has 1 fully saturated rings. The minimum absolute atomic E-state index is 0.127. The molecule has 1 saturated carbocycles. The van der Waals surface area contributed by atoms with Crippen LogP contribution in [0.25, 0.3) is 0 Å². The van der Waals surface area contributed by atoms with Gasteiger partial charge < -0.3 is 5.73 Å². The summed E-state index contributed by atoms with van der Waals surface area (Å²) >= 11 is 0. The molecule has 0 radical (unpaired) electrons. The molecule has 0 saturated heterocycles. The van der Waals surface area contributed by atoms with Gasteiger partial charge in [-0.25, -0.2) is 0 Å². The molecule has 2 nitrogen and oxygen atoms in total. The fraction of sp³-hybridized carbons (Fsp3) is 0.875. The number of carbonyl (C=O) groups excluding carboxylic acids is 1. The van der Waals surface area contributed by atoms with Crippen LogP contribution in [0.15, 0.2) is 0 Å². The molecule has 0 bridgehead atoms. The molecule has 0 spiro atoms. The fourth-order valence-corrected chi connectivity index (χ4v) is 1.71. The van der Waals surface area contributed by atoms with Gasteiger partial charge in [0.1, 0.15) is 0 Å². The zero-order valence-corrected chi connectivity index (χ0v) is 6.68. The smallest absolute Gasteiger partial charge is 0.223 e. The van der Waals surface area contributed by atoms with Crippen LogP contribution in [0.2, 0.25) is 0 Å². The van der Waals surface area contributed by atoms with Crippen molar-refractivity contribution < 1.29 is 4.79 Å². The molecular formula is C8H15NO. The van der Waals surface area contributed by atoms with Gasteiger partial charge in [0.15, 0.2) is 0 Å². The lowest BCUT2D eigenvalue weighted by Crippen LogP contribution is -2.36. The van der Waals surface area contributed by atoms with Crippen molar-refractivity contribution in [2.75, 3.05) is 0 Å². The van der Waals surface area contributed by atoms with E-state index in [1.165, 1.54) is 0 Å². The van der Waals surface area contributed by atoms with Crippen LogP contribution in [0.5, 0.6) is 0 Å². The van der Waals surface area contributed by atoms with Crippen LogP contribution < -0.4 is 5.73 Å². The van der Waals surface area contributed by atoms with E-state index < -0.39 is 0 Å². The topological polar surface area (TPSA) is 43.1 Å². The lowest BCUT2D eigenvalue weighted by atomic mass is 9.80. The molecule has 0 heterocycles. The number of carbonyl (C=O) groups is 1. The minimum Gasteiger partial charge on any atom is -0.369 e. The third-order valence-corrected chi connectivity index (χ3v) is 2.98. The summed E-state index contributed by atoms with van der Waals surface area (Å²) in [7, 11) is 0. The van der Waals surface area contributed by atoms with Gasteiger partial charge in [-0.2, -0.15) is 0 Å². The first-order valence-corrected chi connectivity index (χ1v) is 3.87. The second-order valence-electron chi connectivity index (χ2n) is 3.57. The summed E-state index contributed by atoms with van der Waals surface area (Å²) in [6, 6.07) is 0. The number of amides is 1. The first-order valence-electron chi connectivity index (χ1n) is 3.87. The van der Waals surface area contributed by atoms with Crippen LogP contribution >= 0.6 is 0 Å². The second kappa shape index (κ2) is 2.26. The molecule has 1 aliphatic carbocycles. The highest BCUT2D eigenvalue weighted by molar-refractivity contribution is 5.81. The molecule has 0 aliphatic heterocycles. The highest BCUT2D eigenvalue weighted by atomic mass is 16.1. The summed E-state index contributed by atoms with van der Waals surface area (Å²) in [5.74, 6) is 0.350. The Morgan fingerprint density at radius 2 is 2.30 bits per heavy atom. The molecule has 0 unspecified atom stereocenters. The Hall–Kier alpha value is -0.530. The van der Waals surface area contributed by atoms with Crippen LogP contribution in [0.3, 0.4) is 0 Å². The maximum atomic E-state index is 11.0. The van der Waals surface area contributed by atoms with Crippen molar-refractivity contribution >= 4 is 5.91 Å². The Bertz CT molecular complexity index is 155. The van der Waals surface area contributed by atoms with E-state index in [1.807, 2.05) is 6.92 Å². The van der Waals surface area contributed by atoms with Crippen LogP contribution in [0, 0.1) is 11.3 Å². The number of hydrogen-bond donors (Lipinski definition) is 1. The summed E-state index contributed by atoms with van der Waals surface area (Å²) < 4.78 is 0. The van der Waals surface area contributed by atoms with Gasteiger partial charge in [0.25, 0.3) is 0 Å². The number of primary amides is 1. The van der Waals surface area contributed by atoms with Crippen molar-refractivity contribution in [2.45, 2.75) is 33.1 Å². The largest absolute Gasteiger partial charge is 0.369 e. The molecule has 0 aromatic heterocycles. The summed E-state index contributed by atoms with van der Waals surface area (Å²) in [6.45, 7) is 4.09.